The smallest absolute Gasteiger partial charge is 0.227 e. The van der Waals surface area contributed by atoms with Gasteiger partial charge in [-0.15, -0.1) is 0 Å². The molecule has 0 aliphatic carbocycles. The van der Waals surface area contributed by atoms with Gasteiger partial charge in [-0.2, -0.15) is 0 Å². The summed E-state index contributed by atoms with van der Waals surface area (Å²) >= 11 is 0. The standard InChI is InChI=1S/C18H28N2O/c1-4-10-20(17-6-5-9-19-13-17)18(21)12-16-8-7-14(2)15(3)11-16/h7-8,11,17,19H,4-6,9-10,12-13H2,1-3H3. The molecule has 0 bridgehead atoms. The van der Waals surface area contributed by atoms with Gasteiger partial charge in [-0.1, -0.05) is 25.1 Å². The van der Waals surface area contributed by atoms with E-state index in [1.165, 1.54) is 17.5 Å². The van der Waals surface area contributed by atoms with Crippen molar-refractivity contribution in [2.45, 2.75) is 52.5 Å². The van der Waals surface area contributed by atoms with E-state index in [2.05, 4.69) is 49.2 Å². The Labute approximate surface area is 128 Å². The number of carbonyl (C=O) groups excluding carboxylic acids is 1. The maximum Gasteiger partial charge on any atom is 0.227 e. The molecule has 1 unspecified atom stereocenters. The van der Waals surface area contributed by atoms with Crippen LogP contribution in [0, 0.1) is 13.8 Å². The lowest BCUT2D eigenvalue weighted by Crippen LogP contribution is -2.49. The minimum Gasteiger partial charge on any atom is -0.338 e. The third-order valence-electron chi connectivity index (χ3n) is 4.42. The van der Waals surface area contributed by atoms with Crippen LogP contribution in [0.1, 0.15) is 42.9 Å². The van der Waals surface area contributed by atoms with Gasteiger partial charge in [0.2, 0.25) is 5.91 Å². The highest BCUT2D eigenvalue weighted by atomic mass is 16.2. The zero-order valence-corrected chi connectivity index (χ0v) is 13.6. The highest BCUT2D eigenvalue weighted by Gasteiger charge is 2.24. The van der Waals surface area contributed by atoms with Crippen molar-refractivity contribution in [1.29, 1.82) is 0 Å². The second-order valence-electron chi connectivity index (χ2n) is 6.18. The molecule has 1 heterocycles. The van der Waals surface area contributed by atoms with Crippen molar-refractivity contribution in [3.8, 4) is 0 Å². The summed E-state index contributed by atoms with van der Waals surface area (Å²) in [5, 5.41) is 3.42. The lowest BCUT2D eigenvalue weighted by atomic mass is 10.0. The van der Waals surface area contributed by atoms with E-state index in [9.17, 15) is 4.79 Å². The lowest BCUT2D eigenvalue weighted by Gasteiger charge is -2.34. The molecule has 1 aromatic rings. The Morgan fingerprint density at radius 3 is 2.76 bits per heavy atom. The largest absolute Gasteiger partial charge is 0.338 e. The number of nitrogens with zero attached hydrogens (tertiary/aromatic N) is 1. The number of carbonyl (C=O) groups is 1. The number of piperidine rings is 1. The van der Waals surface area contributed by atoms with Crippen molar-refractivity contribution in [2.24, 2.45) is 0 Å². The van der Waals surface area contributed by atoms with E-state index >= 15 is 0 Å². The molecule has 1 aromatic carbocycles. The minimum absolute atomic E-state index is 0.272. The van der Waals surface area contributed by atoms with Crippen molar-refractivity contribution >= 4 is 5.91 Å². The molecule has 1 N–H and O–H groups in total. The summed E-state index contributed by atoms with van der Waals surface area (Å²) in [6, 6.07) is 6.72. The SMILES string of the molecule is CCCN(C(=O)Cc1ccc(C)c(C)c1)C1CCCNC1. The van der Waals surface area contributed by atoms with E-state index in [0.717, 1.165) is 38.0 Å². The van der Waals surface area contributed by atoms with Crippen LogP contribution in [0.5, 0.6) is 0 Å². The van der Waals surface area contributed by atoms with Gasteiger partial charge in [-0.25, -0.2) is 0 Å². The molecule has 1 aliphatic rings. The monoisotopic (exact) mass is 288 g/mol. The summed E-state index contributed by atoms with van der Waals surface area (Å²) in [5.74, 6) is 0.272. The molecule has 21 heavy (non-hydrogen) atoms. The summed E-state index contributed by atoms with van der Waals surface area (Å²) in [6.07, 6.45) is 3.85. The van der Waals surface area contributed by atoms with Crippen molar-refractivity contribution in [3.05, 3.63) is 34.9 Å². The van der Waals surface area contributed by atoms with Crippen LogP contribution in [0.25, 0.3) is 0 Å². The van der Waals surface area contributed by atoms with E-state index in [0.29, 0.717) is 12.5 Å². The first-order valence-corrected chi connectivity index (χ1v) is 8.18. The van der Waals surface area contributed by atoms with E-state index in [1.54, 1.807) is 0 Å². The first-order chi connectivity index (χ1) is 10.1. The van der Waals surface area contributed by atoms with Crippen LogP contribution < -0.4 is 5.32 Å². The predicted molar refractivity (Wildman–Crippen MR) is 87.5 cm³/mol. The second-order valence-corrected chi connectivity index (χ2v) is 6.18. The van der Waals surface area contributed by atoms with Crippen molar-refractivity contribution in [2.75, 3.05) is 19.6 Å². The first kappa shape index (κ1) is 16.0. The molecule has 1 saturated heterocycles. The number of amides is 1. The molecule has 3 heteroatoms. The average Bonchev–Trinajstić information content (AvgIpc) is 2.49. The fraction of sp³-hybridized carbons (Fsp3) is 0.611. The Bertz CT molecular complexity index is 478. The molecule has 3 nitrogen and oxygen atoms in total. The first-order valence-electron chi connectivity index (χ1n) is 8.18. The number of benzene rings is 1. The maximum absolute atomic E-state index is 12.7. The average molecular weight is 288 g/mol. The summed E-state index contributed by atoms with van der Waals surface area (Å²) < 4.78 is 0. The van der Waals surface area contributed by atoms with Crippen molar-refractivity contribution < 1.29 is 4.79 Å². The summed E-state index contributed by atoms with van der Waals surface area (Å²) in [6.45, 7) is 9.26. The molecular formula is C18H28N2O. The van der Waals surface area contributed by atoms with Gasteiger partial charge in [0.1, 0.15) is 0 Å². The molecule has 0 spiro atoms. The Balaban J connectivity index is 2.05. The van der Waals surface area contributed by atoms with E-state index in [4.69, 9.17) is 0 Å². The molecule has 116 valence electrons. The normalized spacial score (nSPS) is 18.5. The highest BCUT2D eigenvalue weighted by Crippen LogP contribution is 2.15. The van der Waals surface area contributed by atoms with Crippen LogP contribution in [0.3, 0.4) is 0 Å². The third kappa shape index (κ3) is 4.31. The predicted octanol–water partition coefficient (Wildman–Crippen LogP) is 2.84. The number of rotatable bonds is 5. The van der Waals surface area contributed by atoms with Gasteiger partial charge in [0.05, 0.1) is 6.42 Å². The second kappa shape index (κ2) is 7.60. The van der Waals surface area contributed by atoms with Crippen LogP contribution in [-0.4, -0.2) is 36.5 Å². The van der Waals surface area contributed by atoms with Gasteiger partial charge < -0.3 is 10.2 Å². The van der Waals surface area contributed by atoms with Gasteiger partial charge in [0.25, 0.3) is 0 Å². The van der Waals surface area contributed by atoms with Gasteiger partial charge in [0.15, 0.2) is 0 Å². The lowest BCUT2D eigenvalue weighted by molar-refractivity contribution is -0.133. The van der Waals surface area contributed by atoms with Crippen LogP contribution in [0.15, 0.2) is 18.2 Å². The van der Waals surface area contributed by atoms with Crippen molar-refractivity contribution in [1.82, 2.24) is 10.2 Å². The summed E-state index contributed by atoms with van der Waals surface area (Å²) in [5.41, 5.74) is 3.68. The Morgan fingerprint density at radius 2 is 2.14 bits per heavy atom. The van der Waals surface area contributed by atoms with Gasteiger partial charge >= 0.3 is 0 Å². The fourth-order valence-electron chi connectivity index (χ4n) is 3.04. The fourth-order valence-corrected chi connectivity index (χ4v) is 3.04. The molecule has 0 saturated carbocycles. The summed E-state index contributed by atoms with van der Waals surface area (Å²) in [7, 11) is 0. The Kier molecular flexibility index (Phi) is 5.80. The number of hydrogen-bond donors (Lipinski definition) is 1. The quantitative estimate of drug-likeness (QED) is 0.903. The van der Waals surface area contributed by atoms with E-state index < -0.39 is 0 Å². The number of aryl methyl sites for hydroxylation is 2. The summed E-state index contributed by atoms with van der Waals surface area (Å²) in [4.78, 5) is 14.8. The van der Waals surface area contributed by atoms with Crippen molar-refractivity contribution in [3.63, 3.8) is 0 Å². The van der Waals surface area contributed by atoms with Crippen LogP contribution in [-0.2, 0) is 11.2 Å². The zero-order valence-electron chi connectivity index (χ0n) is 13.6. The van der Waals surface area contributed by atoms with Gasteiger partial charge in [-0.05, 0) is 56.3 Å². The van der Waals surface area contributed by atoms with E-state index in [1.807, 2.05) is 0 Å². The number of hydrogen-bond acceptors (Lipinski definition) is 2. The zero-order chi connectivity index (χ0) is 15.2. The molecule has 1 atom stereocenters. The molecule has 1 fully saturated rings. The number of nitrogens with one attached hydrogen (secondary N) is 1. The molecule has 2 rings (SSSR count). The Hall–Kier alpha value is -1.35. The van der Waals surface area contributed by atoms with Gasteiger partial charge in [0, 0.05) is 19.1 Å². The minimum atomic E-state index is 0.272. The molecule has 1 amide bonds. The Morgan fingerprint density at radius 1 is 1.33 bits per heavy atom. The van der Waals surface area contributed by atoms with Crippen LogP contribution >= 0.6 is 0 Å². The third-order valence-corrected chi connectivity index (χ3v) is 4.42. The maximum atomic E-state index is 12.7. The van der Waals surface area contributed by atoms with E-state index in [-0.39, 0.29) is 5.91 Å². The van der Waals surface area contributed by atoms with Gasteiger partial charge in [-0.3, -0.25) is 4.79 Å². The van der Waals surface area contributed by atoms with Crippen LogP contribution in [0.2, 0.25) is 0 Å². The molecular weight excluding hydrogens is 260 g/mol. The topological polar surface area (TPSA) is 32.3 Å². The molecule has 0 radical (unpaired) electrons. The highest BCUT2D eigenvalue weighted by molar-refractivity contribution is 5.79. The molecule has 1 aliphatic heterocycles. The van der Waals surface area contributed by atoms with Crippen LogP contribution in [0.4, 0.5) is 0 Å². The molecule has 0 aromatic heterocycles.